The fourth-order valence-electron chi connectivity index (χ4n) is 4.90. The van der Waals surface area contributed by atoms with Crippen molar-refractivity contribution in [1.29, 1.82) is 0 Å². The third-order valence-electron chi connectivity index (χ3n) is 6.73. The molecule has 1 atom stereocenters. The van der Waals surface area contributed by atoms with E-state index in [1.165, 1.54) is 6.42 Å². The fourth-order valence-corrected chi connectivity index (χ4v) is 5.09. The summed E-state index contributed by atoms with van der Waals surface area (Å²) in [7, 11) is 0. The van der Waals surface area contributed by atoms with E-state index in [9.17, 15) is 9.59 Å². The third-order valence-corrected chi connectivity index (χ3v) is 6.97. The number of hydrogen-bond acceptors (Lipinski definition) is 4. The fraction of sp³-hybridized carbons (Fsp3) is 0.560. The van der Waals surface area contributed by atoms with Crippen molar-refractivity contribution >= 4 is 23.4 Å². The second-order valence-corrected chi connectivity index (χ2v) is 9.77. The van der Waals surface area contributed by atoms with Crippen molar-refractivity contribution in [1.82, 2.24) is 19.4 Å². The SMILES string of the molecule is O=C(C[C@]1(COc2cccc(Cl)c2)CCCN(C(=O)CCn2ccnc2)C1)N1CCCCC1. The lowest BCUT2D eigenvalue weighted by Crippen LogP contribution is -2.51. The Bertz CT molecular complexity index is 929. The smallest absolute Gasteiger partial charge is 0.224 e. The van der Waals surface area contributed by atoms with Gasteiger partial charge in [-0.25, -0.2) is 4.98 Å². The van der Waals surface area contributed by atoms with Crippen LogP contribution in [0.1, 0.15) is 44.9 Å². The average molecular weight is 473 g/mol. The first-order chi connectivity index (χ1) is 16.0. The van der Waals surface area contributed by atoms with E-state index >= 15 is 0 Å². The molecule has 178 valence electrons. The Labute approximate surface area is 200 Å². The normalized spacial score (nSPS) is 21.1. The van der Waals surface area contributed by atoms with Crippen LogP contribution in [0.3, 0.4) is 0 Å². The zero-order valence-electron chi connectivity index (χ0n) is 19.1. The van der Waals surface area contributed by atoms with Crippen LogP contribution in [0, 0.1) is 5.41 Å². The topological polar surface area (TPSA) is 67.7 Å². The quantitative estimate of drug-likeness (QED) is 0.582. The summed E-state index contributed by atoms with van der Waals surface area (Å²) in [6.07, 6.45) is 11.2. The molecule has 2 saturated heterocycles. The van der Waals surface area contributed by atoms with E-state index in [0.29, 0.717) is 43.3 Å². The van der Waals surface area contributed by atoms with Gasteiger partial charge >= 0.3 is 0 Å². The highest BCUT2D eigenvalue weighted by molar-refractivity contribution is 6.30. The van der Waals surface area contributed by atoms with Gasteiger partial charge in [-0.05, 0) is 50.3 Å². The van der Waals surface area contributed by atoms with Crippen LogP contribution in [-0.2, 0) is 16.1 Å². The Hall–Kier alpha value is -2.54. The van der Waals surface area contributed by atoms with Gasteiger partial charge in [0.15, 0.2) is 0 Å². The summed E-state index contributed by atoms with van der Waals surface area (Å²) in [6, 6.07) is 7.34. The maximum atomic E-state index is 13.2. The number of benzene rings is 1. The van der Waals surface area contributed by atoms with Crippen LogP contribution in [0.5, 0.6) is 5.75 Å². The van der Waals surface area contributed by atoms with Crippen LogP contribution >= 0.6 is 11.6 Å². The third kappa shape index (κ3) is 6.50. The molecular formula is C25H33ClN4O3. The highest BCUT2D eigenvalue weighted by Crippen LogP contribution is 2.36. The van der Waals surface area contributed by atoms with Gasteiger partial charge in [0.1, 0.15) is 5.75 Å². The zero-order chi connectivity index (χ0) is 23.1. The maximum absolute atomic E-state index is 13.2. The van der Waals surface area contributed by atoms with E-state index < -0.39 is 5.41 Å². The number of rotatable bonds is 8. The first kappa shape index (κ1) is 23.6. The predicted molar refractivity (Wildman–Crippen MR) is 127 cm³/mol. The van der Waals surface area contributed by atoms with Crippen molar-refractivity contribution in [3.8, 4) is 5.75 Å². The van der Waals surface area contributed by atoms with E-state index in [2.05, 4.69) is 4.98 Å². The predicted octanol–water partition coefficient (Wildman–Crippen LogP) is 4.02. The summed E-state index contributed by atoms with van der Waals surface area (Å²) in [5.74, 6) is 0.980. The van der Waals surface area contributed by atoms with Gasteiger partial charge in [0.2, 0.25) is 11.8 Å². The van der Waals surface area contributed by atoms with Crippen LogP contribution in [0.2, 0.25) is 5.02 Å². The Kier molecular flexibility index (Phi) is 7.91. The number of imidazole rings is 1. The molecular weight excluding hydrogens is 440 g/mol. The summed E-state index contributed by atoms with van der Waals surface area (Å²) in [5, 5.41) is 0.617. The minimum absolute atomic E-state index is 0.112. The zero-order valence-corrected chi connectivity index (χ0v) is 19.9. The monoisotopic (exact) mass is 472 g/mol. The van der Waals surface area contributed by atoms with Crippen LogP contribution in [-0.4, -0.2) is 64.0 Å². The van der Waals surface area contributed by atoms with Crippen LogP contribution in [0.15, 0.2) is 43.0 Å². The molecule has 2 aliphatic rings. The lowest BCUT2D eigenvalue weighted by molar-refractivity contribution is -0.142. The molecule has 0 saturated carbocycles. The number of halogens is 1. The van der Waals surface area contributed by atoms with E-state index in [-0.39, 0.29) is 11.8 Å². The van der Waals surface area contributed by atoms with Gasteiger partial charge in [0, 0.05) is 68.4 Å². The first-order valence-electron chi connectivity index (χ1n) is 11.9. The Morgan fingerprint density at radius 2 is 1.88 bits per heavy atom. The minimum atomic E-state index is -0.403. The number of ether oxygens (including phenoxy) is 1. The molecule has 3 heterocycles. The molecule has 33 heavy (non-hydrogen) atoms. The minimum Gasteiger partial charge on any atom is -0.493 e. The van der Waals surface area contributed by atoms with E-state index in [4.69, 9.17) is 16.3 Å². The van der Waals surface area contributed by atoms with Crippen LogP contribution in [0.25, 0.3) is 0 Å². The van der Waals surface area contributed by atoms with Gasteiger partial charge in [-0.3, -0.25) is 9.59 Å². The number of hydrogen-bond donors (Lipinski definition) is 0. The second-order valence-electron chi connectivity index (χ2n) is 9.33. The number of nitrogens with zero attached hydrogens (tertiary/aromatic N) is 4. The lowest BCUT2D eigenvalue weighted by atomic mass is 9.77. The van der Waals surface area contributed by atoms with Crippen molar-refractivity contribution in [2.24, 2.45) is 5.41 Å². The number of amides is 2. The average Bonchev–Trinajstić information content (AvgIpc) is 3.36. The summed E-state index contributed by atoms with van der Waals surface area (Å²) in [5.41, 5.74) is -0.403. The van der Waals surface area contributed by atoms with Crippen LogP contribution in [0.4, 0.5) is 0 Å². The molecule has 0 unspecified atom stereocenters. The first-order valence-corrected chi connectivity index (χ1v) is 12.3. The Balaban J connectivity index is 1.45. The molecule has 0 spiro atoms. The molecule has 4 rings (SSSR count). The van der Waals surface area contributed by atoms with Crippen molar-refractivity contribution in [3.05, 3.63) is 48.0 Å². The van der Waals surface area contributed by atoms with Gasteiger partial charge in [-0.1, -0.05) is 17.7 Å². The lowest BCUT2D eigenvalue weighted by Gasteiger charge is -2.43. The number of piperidine rings is 2. The largest absolute Gasteiger partial charge is 0.493 e. The van der Waals surface area contributed by atoms with Crippen molar-refractivity contribution in [2.45, 2.75) is 51.5 Å². The van der Waals surface area contributed by atoms with Gasteiger partial charge in [-0.15, -0.1) is 0 Å². The second kappa shape index (κ2) is 11.1. The molecule has 1 aromatic carbocycles. The maximum Gasteiger partial charge on any atom is 0.224 e. The van der Waals surface area contributed by atoms with Crippen molar-refractivity contribution in [2.75, 3.05) is 32.8 Å². The molecule has 7 nitrogen and oxygen atoms in total. The highest BCUT2D eigenvalue weighted by Gasteiger charge is 2.41. The van der Waals surface area contributed by atoms with Gasteiger partial charge in [0.25, 0.3) is 0 Å². The van der Waals surface area contributed by atoms with E-state index in [0.717, 1.165) is 45.3 Å². The molecule has 2 aliphatic heterocycles. The molecule has 2 aromatic rings. The molecule has 2 amide bonds. The summed E-state index contributed by atoms with van der Waals surface area (Å²) in [4.78, 5) is 34.2. The number of aromatic nitrogens is 2. The number of carbonyl (C=O) groups is 2. The summed E-state index contributed by atoms with van der Waals surface area (Å²) in [6.45, 7) is 3.91. The molecule has 0 bridgehead atoms. The van der Waals surface area contributed by atoms with E-state index in [1.54, 1.807) is 18.6 Å². The molecule has 0 N–H and O–H groups in total. The standard InChI is InChI=1S/C25H33ClN4O3/c26-21-6-4-7-22(16-21)33-19-25(17-24(32)29-11-2-1-3-12-29)9-5-13-30(18-25)23(31)8-14-28-15-10-27-20-28/h4,6-7,10,15-16,20H,1-3,5,8-9,11-14,17-19H2/t25-/m1/s1. The van der Waals surface area contributed by atoms with Crippen molar-refractivity contribution in [3.63, 3.8) is 0 Å². The summed E-state index contributed by atoms with van der Waals surface area (Å²) < 4.78 is 8.07. The van der Waals surface area contributed by atoms with E-state index in [1.807, 2.05) is 38.8 Å². The molecule has 2 fully saturated rings. The molecule has 1 aromatic heterocycles. The Morgan fingerprint density at radius 1 is 1.06 bits per heavy atom. The molecule has 8 heteroatoms. The highest BCUT2D eigenvalue weighted by atomic mass is 35.5. The molecule has 0 aliphatic carbocycles. The number of carbonyl (C=O) groups excluding carboxylic acids is 2. The number of likely N-dealkylation sites (tertiary alicyclic amines) is 2. The van der Waals surface area contributed by atoms with Crippen molar-refractivity contribution < 1.29 is 14.3 Å². The summed E-state index contributed by atoms with van der Waals surface area (Å²) >= 11 is 6.13. The number of aryl methyl sites for hydroxylation is 1. The van der Waals surface area contributed by atoms with Gasteiger partial charge in [0.05, 0.1) is 12.9 Å². The Morgan fingerprint density at radius 3 is 2.64 bits per heavy atom. The van der Waals surface area contributed by atoms with Gasteiger partial charge in [-0.2, -0.15) is 0 Å². The molecule has 0 radical (unpaired) electrons. The van der Waals surface area contributed by atoms with Crippen LogP contribution < -0.4 is 4.74 Å². The van der Waals surface area contributed by atoms with Gasteiger partial charge < -0.3 is 19.1 Å².